The number of nitrogens with zero attached hydrogens (tertiary/aromatic N) is 3. The molecule has 1 fully saturated rings. The van der Waals surface area contributed by atoms with Gasteiger partial charge in [0.15, 0.2) is 4.90 Å². The molecule has 0 aliphatic carbocycles. The molecule has 8 nitrogen and oxygen atoms in total. The summed E-state index contributed by atoms with van der Waals surface area (Å²) in [6.45, 7) is 4.35. The van der Waals surface area contributed by atoms with Crippen molar-refractivity contribution in [3.63, 3.8) is 0 Å². The number of carbonyl (C=O) groups excluding carboxylic acids is 1. The third-order valence-corrected chi connectivity index (χ3v) is 5.59. The van der Waals surface area contributed by atoms with Crippen LogP contribution in [0.15, 0.2) is 40.8 Å². The molecular formula is C15H19N3O5S. The van der Waals surface area contributed by atoms with Crippen LogP contribution in [0.3, 0.4) is 0 Å². The van der Waals surface area contributed by atoms with Crippen LogP contribution < -0.4 is 0 Å². The van der Waals surface area contributed by atoms with Gasteiger partial charge in [-0.25, -0.2) is 8.42 Å². The summed E-state index contributed by atoms with van der Waals surface area (Å²) in [7, 11) is -3.97. The lowest BCUT2D eigenvalue weighted by atomic mass is 10.3. The van der Waals surface area contributed by atoms with Crippen LogP contribution in [0.4, 0.5) is 5.69 Å². The fourth-order valence-corrected chi connectivity index (χ4v) is 4.03. The second kappa shape index (κ2) is 7.10. The van der Waals surface area contributed by atoms with Crippen molar-refractivity contribution in [2.75, 3.05) is 26.2 Å². The number of para-hydroxylation sites is 1. The molecule has 0 aromatic heterocycles. The van der Waals surface area contributed by atoms with Crippen LogP contribution in [0.1, 0.15) is 13.8 Å². The van der Waals surface area contributed by atoms with Gasteiger partial charge in [-0.15, -0.1) is 0 Å². The first-order valence-corrected chi connectivity index (χ1v) is 8.85. The first-order valence-electron chi connectivity index (χ1n) is 7.41. The van der Waals surface area contributed by atoms with Crippen molar-refractivity contribution < 1.29 is 18.1 Å². The molecule has 0 unspecified atom stereocenters. The minimum atomic E-state index is -3.97. The summed E-state index contributed by atoms with van der Waals surface area (Å²) in [6, 6.07) is 5.28. The Bertz CT molecular complexity index is 776. The van der Waals surface area contributed by atoms with Gasteiger partial charge in [0.2, 0.25) is 15.9 Å². The van der Waals surface area contributed by atoms with Crippen molar-refractivity contribution in [3.8, 4) is 0 Å². The molecule has 24 heavy (non-hydrogen) atoms. The average Bonchev–Trinajstić information content (AvgIpc) is 2.54. The number of nitro benzene ring substituents is 1. The Labute approximate surface area is 140 Å². The lowest BCUT2D eigenvalue weighted by molar-refractivity contribution is -0.387. The topological polar surface area (TPSA) is 101 Å². The number of carbonyl (C=O) groups is 1. The van der Waals surface area contributed by atoms with Gasteiger partial charge in [0.25, 0.3) is 5.69 Å². The Hall–Kier alpha value is -2.26. The van der Waals surface area contributed by atoms with Crippen molar-refractivity contribution in [1.82, 2.24) is 9.21 Å². The SMILES string of the molecule is CC(C)=CC(=O)N1CCN(S(=O)(=O)c2ccccc2[N+](=O)[O-])CC1. The van der Waals surface area contributed by atoms with E-state index >= 15 is 0 Å². The number of amides is 1. The molecule has 1 aromatic rings. The predicted molar refractivity (Wildman–Crippen MR) is 87.9 cm³/mol. The van der Waals surface area contributed by atoms with E-state index in [1.807, 2.05) is 13.8 Å². The normalized spacial score (nSPS) is 15.8. The molecule has 1 amide bonds. The molecule has 1 heterocycles. The van der Waals surface area contributed by atoms with E-state index in [4.69, 9.17) is 0 Å². The van der Waals surface area contributed by atoms with Gasteiger partial charge in [0.1, 0.15) is 0 Å². The summed E-state index contributed by atoms with van der Waals surface area (Å²) < 4.78 is 26.5. The van der Waals surface area contributed by atoms with Gasteiger partial charge in [0.05, 0.1) is 4.92 Å². The van der Waals surface area contributed by atoms with Gasteiger partial charge < -0.3 is 4.90 Å². The van der Waals surface area contributed by atoms with Gasteiger partial charge in [-0.2, -0.15) is 4.31 Å². The summed E-state index contributed by atoms with van der Waals surface area (Å²) >= 11 is 0. The number of benzene rings is 1. The second-order valence-electron chi connectivity index (χ2n) is 5.68. The van der Waals surface area contributed by atoms with Crippen molar-refractivity contribution >= 4 is 21.6 Å². The number of hydrogen-bond acceptors (Lipinski definition) is 5. The van der Waals surface area contributed by atoms with Crippen LogP contribution in [0.2, 0.25) is 0 Å². The molecule has 0 bridgehead atoms. The summed E-state index contributed by atoms with van der Waals surface area (Å²) in [5.74, 6) is -0.155. The third-order valence-electron chi connectivity index (χ3n) is 3.64. The molecule has 0 saturated carbocycles. The molecule has 1 aliphatic rings. The van der Waals surface area contributed by atoms with Crippen LogP contribution in [0.5, 0.6) is 0 Å². The Morgan fingerprint density at radius 3 is 2.29 bits per heavy atom. The molecule has 0 N–H and O–H groups in total. The summed E-state index contributed by atoms with van der Waals surface area (Å²) in [5.41, 5.74) is 0.426. The number of rotatable bonds is 4. The van der Waals surface area contributed by atoms with Gasteiger partial charge >= 0.3 is 0 Å². The van der Waals surface area contributed by atoms with E-state index < -0.39 is 20.6 Å². The van der Waals surface area contributed by atoms with E-state index in [2.05, 4.69) is 0 Å². The van der Waals surface area contributed by atoms with Crippen molar-refractivity contribution in [2.24, 2.45) is 0 Å². The van der Waals surface area contributed by atoms with Gasteiger partial charge in [-0.3, -0.25) is 14.9 Å². The third kappa shape index (κ3) is 3.80. The van der Waals surface area contributed by atoms with Gasteiger partial charge in [0, 0.05) is 38.3 Å². The quantitative estimate of drug-likeness (QED) is 0.462. The molecule has 0 radical (unpaired) electrons. The van der Waals surface area contributed by atoms with Gasteiger partial charge in [-0.05, 0) is 19.9 Å². The Kier molecular flexibility index (Phi) is 5.35. The standard InChI is InChI=1S/C15H19N3O5S/c1-12(2)11-15(19)16-7-9-17(10-8-16)24(22,23)14-6-4-3-5-13(14)18(20)21/h3-6,11H,7-10H2,1-2H3. The fraction of sp³-hybridized carbons (Fsp3) is 0.400. The van der Waals surface area contributed by atoms with E-state index in [0.29, 0.717) is 0 Å². The van der Waals surface area contributed by atoms with E-state index in [1.54, 1.807) is 4.90 Å². The Morgan fingerprint density at radius 1 is 1.17 bits per heavy atom. The minimum absolute atomic E-state index is 0.108. The van der Waals surface area contributed by atoms with Crippen LogP contribution in [0, 0.1) is 10.1 Å². The second-order valence-corrected chi connectivity index (χ2v) is 7.58. The summed E-state index contributed by atoms with van der Waals surface area (Å²) in [5, 5.41) is 11.1. The zero-order valence-corrected chi connectivity index (χ0v) is 14.3. The monoisotopic (exact) mass is 353 g/mol. The van der Waals surface area contributed by atoms with Crippen molar-refractivity contribution in [1.29, 1.82) is 0 Å². The van der Waals surface area contributed by atoms with E-state index in [1.165, 1.54) is 34.6 Å². The molecule has 1 aromatic carbocycles. The zero-order chi connectivity index (χ0) is 17.9. The predicted octanol–water partition coefficient (Wildman–Crippen LogP) is 1.39. The zero-order valence-electron chi connectivity index (χ0n) is 13.5. The van der Waals surface area contributed by atoms with Crippen LogP contribution >= 0.6 is 0 Å². The number of nitro groups is 1. The highest BCUT2D eigenvalue weighted by atomic mass is 32.2. The molecule has 0 atom stereocenters. The maximum atomic E-state index is 12.7. The number of piperazine rings is 1. The maximum absolute atomic E-state index is 12.7. The highest BCUT2D eigenvalue weighted by Crippen LogP contribution is 2.26. The largest absolute Gasteiger partial charge is 0.337 e. The Balaban J connectivity index is 2.18. The van der Waals surface area contributed by atoms with E-state index in [0.717, 1.165) is 5.57 Å². The average molecular weight is 353 g/mol. The van der Waals surface area contributed by atoms with E-state index in [-0.39, 0.29) is 37.0 Å². The first kappa shape index (κ1) is 18.1. The lowest BCUT2D eigenvalue weighted by Gasteiger charge is -2.33. The molecule has 130 valence electrons. The van der Waals surface area contributed by atoms with Crippen molar-refractivity contribution in [2.45, 2.75) is 18.7 Å². The highest BCUT2D eigenvalue weighted by Gasteiger charge is 2.34. The highest BCUT2D eigenvalue weighted by molar-refractivity contribution is 7.89. The fourth-order valence-electron chi connectivity index (χ4n) is 2.45. The molecule has 0 spiro atoms. The van der Waals surface area contributed by atoms with E-state index in [9.17, 15) is 23.3 Å². The molecule has 1 aliphatic heterocycles. The maximum Gasteiger partial charge on any atom is 0.289 e. The van der Waals surface area contributed by atoms with Crippen LogP contribution in [-0.4, -0.2) is 54.6 Å². The van der Waals surface area contributed by atoms with Crippen LogP contribution in [-0.2, 0) is 14.8 Å². The van der Waals surface area contributed by atoms with Gasteiger partial charge in [-0.1, -0.05) is 17.7 Å². The molecular weight excluding hydrogens is 334 g/mol. The lowest BCUT2D eigenvalue weighted by Crippen LogP contribution is -2.50. The first-order chi connectivity index (χ1) is 11.2. The molecule has 1 saturated heterocycles. The molecule has 2 rings (SSSR count). The van der Waals surface area contributed by atoms with Crippen molar-refractivity contribution in [3.05, 3.63) is 46.0 Å². The minimum Gasteiger partial charge on any atom is -0.337 e. The Morgan fingerprint density at radius 2 is 1.75 bits per heavy atom. The van der Waals surface area contributed by atoms with Crippen LogP contribution in [0.25, 0.3) is 0 Å². The number of sulfonamides is 1. The summed E-state index contributed by atoms with van der Waals surface area (Å²) in [4.78, 5) is 23.6. The number of allylic oxidation sites excluding steroid dienone is 1. The smallest absolute Gasteiger partial charge is 0.289 e. The number of hydrogen-bond donors (Lipinski definition) is 0. The summed E-state index contributed by atoms with van der Waals surface area (Å²) in [6.07, 6.45) is 1.51. The molecule has 9 heteroatoms.